The summed E-state index contributed by atoms with van der Waals surface area (Å²) in [5, 5.41) is 12.1. The second-order valence-electron chi connectivity index (χ2n) is 4.16. The van der Waals surface area contributed by atoms with Crippen LogP contribution in [0.5, 0.6) is 5.75 Å². The van der Waals surface area contributed by atoms with Crippen molar-refractivity contribution in [2.24, 2.45) is 0 Å². The second-order valence-corrected chi connectivity index (χ2v) is 4.16. The summed E-state index contributed by atoms with van der Waals surface area (Å²) in [5.41, 5.74) is 0.528. The van der Waals surface area contributed by atoms with Gasteiger partial charge in [0.2, 0.25) is 0 Å². The standard InChI is InChI=1S/C13H20FNO2/c1-9(7-8-16)15-10(2)13-11(14)5-4-6-12(13)17-3/h4-6,9-10,15-16H,7-8H2,1-3H3. The van der Waals surface area contributed by atoms with E-state index in [-0.39, 0.29) is 24.5 Å². The number of hydrogen-bond donors (Lipinski definition) is 2. The molecule has 1 aromatic carbocycles. The predicted octanol–water partition coefficient (Wildman–Crippen LogP) is 2.26. The smallest absolute Gasteiger partial charge is 0.131 e. The minimum Gasteiger partial charge on any atom is -0.496 e. The van der Waals surface area contributed by atoms with Crippen molar-refractivity contribution in [2.45, 2.75) is 32.4 Å². The Morgan fingerprint density at radius 3 is 2.71 bits per heavy atom. The maximum Gasteiger partial charge on any atom is 0.131 e. The highest BCUT2D eigenvalue weighted by Crippen LogP contribution is 2.27. The SMILES string of the molecule is COc1cccc(F)c1C(C)NC(C)CCO. The molecule has 0 aliphatic rings. The number of ether oxygens (including phenoxy) is 1. The molecule has 17 heavy (non-hydrogen) atoms. The fraction of sp³-hybridized carbons (Fsp3) is 0.538. The molecular weight excluding hydrogens is 221 g/mol. The quantitative estimate of drug-likeness (QED) is 0.802. The molecule has 3 nitrogen and oxygen atoms in total. The summed E-state index contributed by atoms with van der Waals surface area (Å²) in [7, 11) is 1.53. The molecule has 0 spiro atoms. The topological polar surface area (TPSA) is 41.5 Å². The first-order valence-corrected chi connectivity index (χ1v) is 5.79. The number of nitrogens with one attached hydrogen (secondary N) is 1. The Bertz CT molecular complexity index is 357. The lowest BCUT2D eigenvalue weighted by molar-refractivity contribution is 0.263. The average Bonchev–Trinajstić information content (AvgIpc) is 2.28. The monoisotopic (exact) mass is 241 g/mol. The van der Waals surface area contributed by atoms with Crippen LogP contribution in [-0.4, -0.2) is 24.9 Å². The summed E-state index contributed by atoms with van der Waals surface area (Å²) < 4.78 is 18.9. The predicted molar refractivity (Wildman–Crippen MR) is 65.7 cm³/mol. The Morgan fingerprint density at radius 2 is 2.12 bits per heavy atom. The van der Waals surface area contributed by atoms with Gasteiger partial charge in [0, 0.05) is 24.3 Å². The van der Waals surface area contributed by atoms with Gasteiger partial charge in [0.15, 0.2) is 0 Å². The Kier molecular flexibility index (Phi) is 5.38. The highest BCUT2D eigenvalue weighted by Gasteiger charge is 2.17. The number of rotatable bonds is 6. The molecule has 0 fully saturated rings. The van der Waals surface area contributed by atoms with Crippen molar-refractivity contribution in [1.82, 2.24) is 5.32 Å². The normalized spacial score (nSPS) is 14.4. The van der Waals surface area contributed by atoms with E-state index in [0.29, 0.717) is 17.7 Å². The Balaban J connectivity index is 2.84. The van der Waals surface area contributed by atoms with Crippen molar-refractivity contribution in [3.05, 3.63) is 29.6 Å². The van der Waals surface area contributed by atoms with Crippen LogP contribution >= 0.6 is 0 Å². The molecule has 1 rings (SSSR count). The highest BCUT2D eigenvalue weighted by molar-refractivity contribution is 5.36. The summed E-state index contributed by atoms with van der Waals surface area (Å²) in [6.07, 6.45) is 0.640. The largest absolute Gasteiger partial charge is 0.496 e. The van der Waals surface area contributed by atoms with Crippen molar-refractivity contribution in [2.75, 3.05) is 13.7 Å². The first kappa shape index (κ1) is 13.9. The van der Waals surface area contributed by atoms with Gasteiger partial charge in [-0.15, -0.1) is 0 Å². The van der Waals surface area contributed by atoms with E-state index in [1.54, 1.807) is 12.1 Å². The first-order chi connectivity index (χ1) is 8.10. The van der Waals surface area contributed by atoms with Crippen molar-refractivity contribution < 1.29 is 14.2 Å². The molecular formula is C13H20FNO2. The fourth-order valence-corrected chi connectivity index (χ4v) is 1.90. The van der Waals surface area contributed by atoms with Gasteiger partial charge in [0.1, 0.15) is 11.6 Å². The molecule has 0 aromatic heterocycles. The molecule has 0 saturated carbocycles. The number of aliphatic hydroxyl groups excluding tert-OH is 1. The molecule has 0 bridgehead atoms. The molecule has 4 heteroatoms. The molecule has 0 amide bonds. The lowest BCUT2D eigenvalue weighted by atomic mass is 10.0. The number of benzene rings is 1. The summed E-state index contributed by atoms with van der Waals surface area (Å²) in [6.45, 7) is 3.96. The molecule has 2 N–H and O–H groups in total. The minimum absolute atomic E-state index is 0.120. The number of hydrogen-bond acceptors (Lipinski definition) is 3. The van der Waals surface area contributed by atoms with Gasteiger partial charge < -0.3 is 15.2 Å². The first-order valence-electron chi connectivity index (χ1n) is 5.79. The summed E-state index contributed by atoms with van der Waals surface area (Å²) in [4.78, 5) is 0. The molecule has 0 radical (unpaired) electrons. The van der Waals surface area contributed by atoms with Gasteiger partial charge in [0.05, 0.1) is 7.11 Å². The van der Waals surface area contributed by atoms with Crippen LogP contribution < -0.4 is 10.1 Å². The minimum atomic E-state index is -0.277. The van der Waals surface area contributed by atoms with E-state index < -0.39 is 0 Å². The Morgan fingerprint density at radius 1 is 1.41 bits per heavy atom. The van der Waals surface area contributed by atoms with Gasteiger partial charge in [-0.25, -0.2) is 4.39 Å². The maximum absolute atomic E-state index is 13.8. The fourth-order valence-electron chi connectivity index (χ4n) is 1.90. The molecule has 96 valence electrons. The van der Waals surface area contributed by atoms with Gasteiger partial charge in [-0.3, -0.25) is 0 Å². The van der Waals surface area contributed by atoms with Crippen molar-refractivity contribution >= 4 is 0 Å². The van der Waals surface area contributed by atoms with E-state index in [1.807, 2.05) is 13.8 Å². The van der Waals surface area contributed by atoms with Crippen LogP contribution in [0.3, 0.4) is 0 Å². The Hall–Kier alpha value is -1.13. The molecule has 0 saturated heterocycles. The number of halogens is 1. The van der Waals surface area contributed by atoms with Gasteiger partial charge in [-0.1, -0.05) is 6.07 Å². The number of aliphatic hydroxyl groups is 1. The lowest BCUT2D eigenvalue weighted by Crippen LogP contribution is -2.30. The number of methoxy groups -OCH3 is 1. The van der Waals surface area contributed by atoms with Crippen molar-refractivity contribution in [1.29, 1.82) is 0 Å². The summed E-state index contributed by atoms with van der Waals surface area (Å²) in [6, 6.07) is 4.76. The van der Waals surface area contributed by atoms with Crippen LogP contribution in [0, 0.1) is 5.82 Å². The van der Waals surface area contributed by atoms with Crippen LogP contribution in [-0.2, 0) is 0 Å². The third-order valence-electron chi connectivity index (χ3n) is 2.76. The summed E-state index contributed by atoms with van der Waals surface area (Å²) in [5.74, 6) is 0.266. The maximum atomic E-state index is 13.8. The van der Waals surface area contributed by atoms with Crippen LogP contribution in [0.15, 0.2) is 18.2 Å². The highest BCUT2D eigenvalue weighted by atomic mass is 19.1. The molecule has 2 unspecified atom stereocenters. The van der Waals surface area contributed by atoms with E-state index in [1.165, 1.54) is 13.2 Å². The van der Waals surface area contributed by atoms with E-state index >= 15 is 0 Å². The van der Waals surface area contributed by atoms with Crippen LogP contribution in [0.1, 0.15) is 31.9 Å². The van der Waals surface area contributed by atoms with Crippen molar-refractivity contribution in [3.8, 4) is 5.75 Å². The summed E-state index contributed by atoms with van der Waals surface area (Å²) >= 11 is 0. The third-order valence-corrected chi connectivity index (χ3v) is 2.76. The van der Waals surface area contributed by atoms with Gasteiger partial charge in [-0.2, -0.15) is 0 Å². The van der Waals surface area contributed by atoms with E-state index in [4.69, 9.17) is 9.84 Å². The molecule has 1 aromatic rings. The van der Waals surface area contributed by atoms with E-state index in [2.05, 4.69) is 5.32 Å². The zero-order chi connectivity index (χ0) is 12.8. The van der Waals surface area contributed by atoms with Crippen LogP contribution in [0.2, 0.25) is 0 Å². The van der Waals surface area contributed by atoms with E-state index in [0.717, 1.165) is 0 Å². The van der Waals surface area contributed by atoms with Crippen LogP contribution in [0.25, 0.3) is 0 Å². The van der Waals surface area contributed by atoms with Gasteiger partial charge >= 0.3 is 0 Å². The van der Waals surface area contributed by atoms with E-state index in [9.17, 15) is 4.39 Å². The molecule has 2 atom stereocenters. The zero-order valence-corrected chi connectivity index (χ0v) is 10.5. The lowest BCUT2D eigenvalue weighted by Gasteiger charge is -2.21. The van der Waals surface area contributed by atoms with Gasteiger partial charge in [0.25, 0.3) is 0 Å². The Labute approximate surface area is 102 Å². The third kappa shape index (κ3) is 3.68. The molecule has 0 aliphatic heterocycles. The van der Waals surface area contributed by atoms with Gasteiger partial charge in [-0.05, 0) is 32.4 Å². The second kappa shape index (κ2) is 6.57. The average molecular weight is 241 g/mol. The zero-order valence-electron chi connectivity index (χ0n) is 10.5. The molecule has 0 heterocycles. The van der Waals surface area contributed by atoms with Crippen molar-refractivity contribution in [3.63, 3.8) is 0 Å². The molecule has 0 aliphatic carbocycles. The van der Waals surface area contributed by atoms with Crippen LogP contribution in [0.4, 0.5) is 4.39 Å².